The van der Waals surface area contributed by atoms with Crippen LogP contribution in [0.1, 0.15) is 37.7 Å². The van der Waals surface area contributed by atoms with Crippen molar-refractivity contribution in [1.29, 1.82) is 0 Å². The number of hydrogen-bond donors (Lipinski definition) is 2. The average Bonchev–Trinajstić information content (AvgIpc) is 2.57. The standard InChI is InChI=1S/C17H23N5O/c1-12-8-10-14(11-9-12)19-16-20-15(21-17(22-16)23-2)18-13-6-4-3-5-7-13/h8-11,13H,3-7H2,1-2H3,(H2,18,19,20,21,22). The van der Waals surface area contributed by atoms with Crippen LogP contribution in [0.15, 0.2) is 24.3 Å². The van der Waals surface area contributed by atoms with Crippen molar-refractivity contribution in [3.05, 3.63) is 29.8 Å². The van der Waals surface area contributed by atoms with Gasteiger partial charge in [-0.25, -0.2) is 0 Å². The second-order valence-electron chi connectivity index (χ2n) is 5.94. The molecule has 0 saturated heterocycles. The number of ether oxygens (including phenoxy) is 1. The summed E-state index contributed by atoms with van der Waals surface area (Å²) in [5.41, 5.74) is 2.15. The van der Waals surface area contributed by atoms with Crippen molar-refractivity contribution in [3.63, 3.8) is 0 Å². The van der Waals surface area contributed by atoms with E-state index in [1.807, 2.05) is 24.3 Å². The minimum absolute atomic E-state index is 0.313. The highest BCUT2D eigenvalue weighted by atomic mass is 16.5. The third-order valence-electron chi connectivity index (χ3n) is 4.04. The van der Waals surface area contributed by atoms with Gasteiger partial charge >= 0.3 is 6.01 Å². The first-order chi connectivity index (χ1) is 11.2. The molecule has 0 unspecified atom stereocenters. The van der Waals surface area contributed by atoms with Crippen molar-refractivity contribution in [3.8, 4) is 6.01 Å². The van der Waals surface area contributed by atoms with Gasteiger partial charge in [0.1, 0.15) is 0 Å². The third kappa shape index (κ3) is 4.31. The summed E-state index contributed by atoms with van der Waals surface area (Å²) in [7, 11) is 1.56. The van der Waals surface area contributed by atoms with E-state index in [2.05, 4.69) is 32.5 Å². The molecular weight excluding hydrogens is 290 g/mol. The Balaban J connectivity index is 1.76. The normalized spacial score (nSPS) is 15.2. The van der Waals surface area contributed by atoms with Crippen molar-refractivity contribution in [2.24, 2.45) is 0 Å². The highest BCUT2D eigenvalue weighted by Gasteiger charge is 2.15. The Kier molecular flexibility index (Phi) is 4.90. The first-order valence-corrected chi connectivity index (χ1v) is 8.13. The van der Waals surface area contributed by atoms with Crippen molar-refractivity contribution < 1.29 is 4.74 Å². The number of methoxy groups -OCH3 is 1. The maximum Gasteiger partial charge on any atom is 0.322 e. The zero-order valence-electron chi connectivity index (χ0n) is 13.7. The lowest BCUT2D eigenvalue weighted by Gasteiger charge is -2.22. The fourth-order valence-electron chi connectivity index (χ4n) is 2.76. The molecular formula is C17H23N5O. The number of aryl methyl sites for hydroxylation is 1. The SMILES string of the molecule is COc1nc(Nc2ccc(C)cc2)nc(NC2CCCCC2)n1. The number of aromatic nitrogens is 3. The van der Waals surface area contributed by atoms with Crippen LogP contribution in [0.4, 0.5) is 17.6 Å². The minimum Gasteiger partial charge on any atom is -0.467 e. The Labute approximate surface area is 136 Å². The zero-order chi connectivity index (χ0) is 16.1. The number of benzene rings is 1. The summed E-state index contributed by atoms with van der Waals surface area (Å²) in [5.74, 6) is 1.05. The molecule has 0 aliphatic heterocycles. The van der Waals surface area contributed by atoms with E-state index in [9.17, 15) is 0 Å². The highest BCUT2D eigenvalue weighted by Crippen LogP contribution is 2.22. The minimum atomic E-state index is 0.313. The molecule has 1 saturated carbocycles. The molecule has 1 aliphatic rings. The monoisotopic (exact) mass is 313 g/mol. The molecule has 1 aromatic heterocycles. The number of rotatable bonds is 5. The lowest BCUT2D eigenvalue weighted by atomic mass is 9.96. The molecule has 6 nitrogen and oxygen atoms in total. The van der Waals surface area contributed by atoms with Gasteiger partial charge in [0.2, 0.25) is 11.9 Å². The molecule has 1 aliphatic carbocycles. The Hall–Kier alpha value is -2.37. The van der Waals surface area contributed by atoms with Gasteiger partial charge in [0.25, 0.3) is 0 Å². The summed E-state index contributed by atoms with van der Waals surface area (Å²) in [6, 6.07) is 8.83. The van der Waals surface area contributed by atoms with E-state index >= 15 is 0 Å². The molecule has 1 aromatic carbocycles. The molecule has 0 radical (unpaired) electrons. The quantitative estimate of drug-likeness (QED) is 0.877. The van der Waals surface area contributed by atoms with E-state index in [0.29, 0.717) is 23.9 Å². The van der Waals surface area contributed by atoms with E-state index in [1.54, 1.807) is 7.11 Å². The molecule has 122 valence electrons. The Bertz CT molecular complexity index is 638. The largest absolute Gasteiger partial charge is 0.467 e. The predicted octanol–water partition coefficient (Wildman–Crippen LogP) is 3.68. The first kappa shape index (κ1) is 15.5. The number of anilines is 3. The van der Waals surface area contributed by atoms with E-state index in [1.165, 1.54) is 24.8 Å². The second kappa shape index (κ2) is 7.26. The lowest BCUT2D eigenvalue weighted by Crippen LogP contribution is -2.24. The van der Waals surface area contributed by atoms with Crippen molar-refractivity contribution in [2.45, 2.75) is 45.1 Å². The van der Waals surface area contributed by atoms with Crippen molar-refractivity contribution in [2.75, 3.05) is 17.7 Å². The van der Waals surface area contributed by atoms with E-state index in [4.69, 9.17) is 4.74 Å². The number of nitrogens with one attached hydrogen (secondary N) is 2. The molecule has 1 heterocycles. The van der Waals surface area contributed by atoms with Crippen LogP contribution >= 0.6 is 0 Å². The molecule has 2 N–H and O–H groups in total. The average molecular weight is 313 g/mol. The van der Waals surface area contributed by atoms with Gasteiger partial charge in [-0.2, -0.15) is 15.0 Å². The van der Waals surface area contributed by atoms with Gasteiger partial charge in [-0.1, -0.05) is 37.0 Å². The maximum absolute atomic E-state index is 5.20. The van der Waals surface area contributed by atoms with E-state index < -0.39 is 0 Å². The summed E-state index contributed by atoms with van der Waals surface area (Å²) in [5, 5.41) is 6.61. The Morgan fingerprint density at radius 1 is 0.957 bits per heavy atom. The molecule has 3 rings (SSSR count). The van der Waals surface area contributed by atoms with Crippen LogP contribution in [-0.4, -0.2) is 28.1 Å². The van der Waals surface area contributed by atoms with Gasteiger partial charge in [-0.3, -0.25) is 0 Å². The van der Waals surface area contributed by atoms with Crippen LogP contribution in [0, 0.1) is 6.92 Å². The molecule has 23 heavy (non-hydrogen) atoms. The Morgan fingerprint density at radius 3 is 2.35 bits per heavy atom. The van der Waals surface area contributed by atoms with Crippen LogP contribution in [0.5, 0.6) is 6.01 Å². The fourth-order valence-corrected chi connectivity index (χ4v) is 2.76. The van der Waals surface area contributed by atoms with Crippen LogP contribution in [0.2, 0.25) is 0 Å². The molecule has 0 bridgehead atoms. The van der Waals surface area contributed by atoms with E-state index in [0.717, 1.165) is 18.5 Å². The zero-order valence-corrected chi connectivity index (χ0v) is 13.7. The molecule has 1 fully saturated rings. The van der Waals surface area contributed by atoms with Crippen molar-refractivity contribution >= 4 is 17.6 Å². The van der Waals surface area contributed by atoms with Crippen LogP contribution in [0.25, 0.3) is 0 Å². The summed E-state index contributed by atoms with van der Waals surface area (Å²) < 4.78 is 5.20. The first-order valence-electron chi connectivity index (χ1n) is 8.13. The summed E-state index contributed by atoms with van der Waals surface area (Å²) in [6.45, 7) is 2.06. The third-order valence-corrected chi connectivity index (χ3v) is 4.04. The maximum atomic E-state index is 5.20. The second-order valence-corrected chi connectivity index (χ2v) is 5.94. The molecule has 0 spiro atoms. The Morgan fingerprint density at radius 2 is 1.65 bits per heavy atom. The lowest BCUT2D eigenvalue weighted by molar-refractivity contribution is 0.379. The topological polar surface area (TPSA) is 72.0 Å². The molecule has 0 amide bonds. The van der Waals surface area contributed by atoms with Crippen LogP contribution < -0.4 is 15.4 Å². The molecule has 6 heteroatoms. The number of hydrogen-bond acceptors (Lipinski definition) is 6. The van der Waals surface area contributed by atoms with Crippen LogP contribution in [0.3, 0.4) is 0 Å². The van der Waals surface area contributed by atoms with Crippen molar-refractivity contribution in [1.82, 2.24) is 15.0 Å². The summed E-state index contributed by atoms with van der Waals surface area (Å²) in [4.78, 5) is 13.0. The van der Waals surface area contributed by atoms with Gasteiger partial charge in [0.05, 0.1) is 7.11 Å². The van der Waals surface area contributed by atoms with Gasteiger partial charge in [-0.15, -0.1) is 0 Å². The summed E-state index contributed by atoms with van der Waals surface area (Å²) in [6.07, 6.45) is 6.16. The predicted molar refractivity (Wildman–Crippen MR) is 91.3 cm³/mol. The van der Waals surface area contributed by atoms with Gasteiger partial charge in [0, 0.05) is 11.7 Å². The number of nitrogens with zero attached hydrogens (tertiary/aromatic N) is 3. The van der Waals surface area contributed by atoms with Gasteiger partial charge in [-0.05, 0) is 31.9 Å². The smallest absolute Gasteiger partial charge is 0.322 e. The van der Waals surface area contributed by atoms with Gasteiger partial charge in [0.15, 0.2) is 0 Å². The summed E-state index contributed by atoms with van der Waals surface area (Å²) >= 11 is 0. The highest BCUT2D eigenvalue weighted by molar-refractivity contribution is 5.54. The molecule has 0 atom stereocenters. The molecule has 2 aromatic rings. The van der Waals surface area contributed by atoms with Gasteiger partial charge < -0.3 is 15.4 Å². The fraction of sp³-hybridized carbons (Fsp3) is 0.471. The van der Waals surface area contributed by atoms with E-state index in [-0.39, 0.29) is 0 Å². The van der Waals surface area contributed by atoms with Crippen LogP contribution in [-0.2, 0) is 0 Å².